The van der Waals surface area contributed by atoms with E-state index in [0.717, 1.165) is 28.3 Å². The third kappa shape index (κ3) is 5.68. The maximum atomic E-state index is 12.3. The quantitative estimate of drug-likeness (QED) is 0.253. The van der Waals surface area contributed by atoms with Crippen molar-refractivity contribution < 1.29 is 34.1 Å². The second-order valence-electron chi connectivity index (χ2n) is 9.09. The number of carbonyl (C=O) groups excluding carboxylic acids is 2. The highest BCUT2D eigenvalue weighted by Crippen LogP contribution is 2.42. The Hall–Kier alpha value is -3.29. The predicted molar refractivity (Wildman–Crippen MR) is 136 cm³/mol. The summed E-state index contributed by atoms with van der Waals surface area (Å²) in [5.74, 6) is 0.610. The molecule has 11 nitrogen and oxygen atoms in total. The summed E-state index contributed by atoms with van der Waals surface area (Å²) < 4.78 is 17.8. The number of cyclic esters (lactones) is 1. The standard InChI is InChI=1S/C25H28N4O7S/c1-13(30)12-34-23-22-16-5-8-19(26-17(16)6-7-18(22)37-24(23)14(2)31)27-20-10-21(32)36-25(28-20)35-15-4-3-9-29(33)11-15/h5-8,10,13,15,25,28,30,33H,3-4,9,11-12H2,1-2H3,(H,26,27)/t13-,15?,25?/m1/s1. The Labute approximate surface area is 216 Å². The molecule has 2 unspecified atom stereocenters. The van der Waals surface area contributed by atoms with Gasteiger partial charge >= 0.3 is 5.97 Å². The minimum absolute atomic E-state index is 0.0614. The fourth-order valence-electron chi connectivity index (χ4n) is 4.35. The first-order valence-corrected chi connectivity index (χ1v) is 12.8. The van der Waals surface area contributed by atoms with Crippen LogP contribution in [0.25, 0.3) is 21.0 Å². The van der Waals surface area contributed by atoms with Crippen LogP contribution in [0, 0.1) is 0 Å². The van der Waals surface area contributed by atoms with Gasteiger partial charge in [-0.1, -0.05) is 0 Å². The molecule has 1 aromatic carbocycles. The number of carbonyl (C=O) groups is 2. The third-order valence-corrected chi connectivity index (χ3v) is 7.20. The number of hydrogen-bond acceptors (Lipinski definition) is 12. The van der Waals surface area contributed by atoms with Gasteiger partial charge in [0.15, 0.2) is 5.78 Å². The zero-order valence-corrected chi connectivity index (χ0v) is 21.2. The van der Waals surface area contributed by atoms with Crippen LogP contribution in [0.2, 0.25) is 0 Å². The average Bonchev–Trinajstić information content (AvgIpc) is 3.21. The van der Waals surface area contributed by atoms with Crippen LogP contribution in [0.4, 0.5) is 5.82 Å². The molecule has 4 heterocycles. The van der Waals surface area contributed by atoms with Gasteiger partial charge in [-0.25, -0.2) is 9.78 Å². The van der Waals surface area contributed by atoms with Gasteiger partial charge in [-0.2, -0.15) is 5.06 Å². The van der Waals surface area contributed by atoms with E-state index in [1.807, 2.05) is 18.2 Å². The molecule has 2 aliphatic rings. The van der Waals surface area contributed by atoms with Crippen molar-refractivity contribution in [1.29, 1.82) is 0 Å². The van der Waals surface area contributed by atoms with E-state index in [9.17, 15) is 19.9 Å². The fourth-order valence-corrected chi connectivity index (χ4v) is 5.41. The number of hydroxylamine groups is 2. The summed E-state index contributed by atoms with van der Waals surface area (Å²) in [6, 6.07) is 7.36. The molecule has 1 saturated heterocycles. The van der Waals surface area contributed by atoms with Crippen molar-refractivity contribution in [3.63, 3.8) is 0 Å². The van der Waals surface area contributed by atoms with E-state index >= 15 is 0 Å². The van der Waals surface area contributed by atoms with Crippen LogP contribution in [0.5, 0.6) is 5.75 Å². The Balaban J connectivity index is 1.38. The lowest BCUT2D eigenvalue weighted by atomic mass is 10.1. The number of anilines is 1. The Morgan fingerprint density at radius 2 is 2.22 bits per heavy atom. The summed E-state index contributed by atoms with van der Waals surface area (Å²) in [5, 5.41) is 28.3. The van der Waals surface area contributed by atoms with Gasteiger partial charge in [0.05, 0.1) is 30.3 Å². The van der Waals surface area contributed by atoms with Crippen LogP contribution in [-0.4, -0.2) is 70.4 Å². The molecule has 5 rings (SSSR count). The highest BCUT2D eigenvalue weighted by molar-refractivity contribution is 7.21. The zero-order valence-electron chi connectivity index (χ0n) is 20.4. The van der Waals surface area contributed by atoms with Gasteiger partial charge in [-0.05, 0) is 44.0 Å². The number of Topliss-reactive ketones (excluding diaryl/α,β-unsaturated/α-hetero) is 1. The Bertz CT molecular complexity index is 1370. The van der Waals surface area contributed by atoms with Gasteiger partial charge in [-0.15, -0.1) is 11.3 Å². The second kappa shape index (κ2) is 10.6. The van der Waals surface area contributed by atoms with E-state index in [-0.39, 0.29) is 18.5 Å². The third-order valence-electron chi connectivity index (χ3n) is 5.96. The number of ether oxygens (including phenoxy) is 3. The normalized spacial score (nSPS) is 21.3. The molecule has 2 aromatic heterocycles. The number of ketones is 1. The highest BCUT2D eigenvalue weighted by atomic mass is 32.1. The second-order valence-corrected chi connectivity index (χ2v) is 10.1. The predicted octanol–water partition coefficient (Wildman–Crippen LogP) is 2.97. The van der Waals surface area contributed by atoms with Crippen LogP contribution in [-0.2, 0) is 14.3 Å². The molecule has 2 aliphatic heterocycles. The molecular weight excluding hydrogens is 500 g/mol. The smallest absolute Gasteiger partial charge is 0.338 e. The number of nitrogens with one attached hydrogen (secondary N) is 2. The molecule has 0 radical (unpaired) electrons. The SMILES string of the molecule is CC(=O)c1sc2ccc3nc(NC4=CC(=O)OC(OC5CCCN(O)C5)N4)ccc3c2c1OC[C@@H](C)O. The minimum atomic E-state index is -0.999. The lowest BCUT2D eigenvalue weighted by Crippen LogP contribution is -2.47. The van der Waals surface area contributed by atoms with Crippen LogP contribution in [0.15, 0.2) is 36.2 Å². The van der Waals surface area contributed by atoms with E-state index < -0.39 is 18.5 Å². The molecule has 4 N–H and O–H groups in total. The van der Waals surface area contributed by atoms with Crippen molar-refractivity contribution in [3.8, 4) is 5.75 Å². The van der Waals surface area contributed by atoms with E-state index in [1.165, 1.54) is 29.4 Å². The first-order chi connectivity index (χ1) is 17.8. The van der Waals surface area contributed by atoms with Crippen molar-refractivity contribution in [2.24, 2.45) is 0 Å². The summed E-state index contributed by atoms with van der Waals surface area (Å²) in [7, 11) is 0. The number of nitrogens with zero attached hydrogens (tertiary/aromatic N) is 2. The number of aliphatic hydroxyl groups is 1. The first kappa shape index (κ1) is 25.4. The number of hydrogen-bond donors (Lipinski definition) is 4. The van der Waals surface area contributed by atoms with Gasteiger partial charge in [0.25, 0.3) is 6.41 Å². The highest BCUT2D eigenvalue weighted by Gasteiger charge is 2.28. The minimum Gasteiger partial charge on any atom is -0.489 e. The van der Waals surface area contributed by atoms with Crippen molar-refractivity contribution in [3.05, 3.63) is 41.0 Å². The van der Waals surface area contributed by atoms with Gasteiger partial charge in [0.1, 0.15) is 28.9 Å². The van der Waals surface area contributed by atoms with Crippen molar-refractivity contribution in [2.45, 2.75) is 45.3 Å². The van der Waals surface area contributed by atoms with Crippen molar-refractivity contribution >= 4 is 49.9 Å². The fraction of sp³-hybridized carbons (Fsp3) is 0.400. The van der Waals surface area contributed by atoms with E-state index in [0.29, 0.717) is 40.9 Å². The van der Waals surface area contributed by atoms with Crippen LogP contribution in [0.3, 0.4) is 0 Å². The molecule has 3 aromatic rings. The molecule has 3 atom stereocenters. The molecule has 0 amide bonds. The largest absolute Gasteiger partial charge is 0.489 e. The van der Waals surface area contributed by atoms with Crippen molar-refractivity contribution in [1.82, 2.24) is 15.4 Å². The number of pyridine rings is 1. The van der Waals surface area contributed by atoms with Crippen LogP contribution < -0.4 is 15.4 Å². The number of aromatic nitrogens is 1. The number of benzene rings is 1. The number of aliphatic hydroxyl groups excluding tert-OH is 1. The summed E-state index contributed by atoms with van der Waals surface area (Å²) in [6.45, 7) is 4.09. The number of esters is 1. The van der Waals surface area contributed by atoms with Gasteiger partial charge in [0.2, 0.25) is 0 Å². The Morgan fingerprint density at radius 3 is 2.97 bits per heavy atom. The van der Waals surface area contributed by atoms with Crippen molar-refractivity contribution in [2.75, 3.05) is 25.0 Å². The van der Waals surface area contributed by atoms with E-state index in [4.69, 9.17) is 14.2 Å². The van der Waals surface area contributed by atoms with E-state index in [2.05, 4.69) is 15.6 Å². The molecule has 0 saturated carbocycles. The Kier molecular flexibility index (Phi) is 7.26. The van der Waals surface area contributed by atoms with Gasteiger partial charge < -0.3 is 35.2 Å². The number of rotatable bonds is 8. The molecular formula is C25H28N4O7S. The monoisotopic (exact) mass is 528 g/mol. The summed E-state index contributed by atoms with van der Waals surface area (Å²) >= 11 is 1.34. The summed E-state index contributed by atoms with van der Waals surface area (Å²) in [5.41, 5.74) is 0.657. The molecule has 196 valence electrons. The number of thiophene rings is 1. The van der Waals surface area contributed by atoms with Crippen LogP contribution in [0.1, 0.15) is 36.4 Å². The maximum Gasteiger partial charge on any atom is 0.338 e. The number of fused-ring (bicyclic) bond motifs is 3. The molecule has 12 heteroatoms. The topological polar surface area (TPSA) is 142 Å². The lowest BCUT2D eigenvalue weighted by Gasteiger charge is -2.32. The van der Waals surface area contributed by atoms with Crippen LogP contribution >= 0.6 is 11.3 Å². The lowest BCUT2D eigenvalue weighted by molar-refractivity contribution is -0.217. The average molecular weight is 529 g/mol. The Morgan fingerprint density at radius 1 is 1.38 bits per heavy atom. The molecule has 37 heavy (non-hydrogen) atoms. The van der Waals surface area contributed by atoms with Gasteiger partial charge in [0, 0.05) is 28.9 Å². The first-order valence-electron chi connectivity index (χ1n) is 12.0. The van der Waals surface area contributed by atoms with Gasteiger partial charge in [-0.3, -0.25) is 4.79 Å². The molecule has 1 fully saturated rings. The maximum absolute atomic E-state index is 12.3. The molecule has 0 bridgehead atoms. The molecule has 0 aliphatic carbocycles. The molecule has 0 spiro atoms. The number of piperidine rings is 1. The zero-order chi connectivity index (χ0) is 26.1. The summed E-state index contributed by atoms with van der Waals surface area (Å²) in [4.78, 5) is 29.6. The summed E-state index contributed by atoms with van der Waals surface area (Å²) in [6.07, 6.45) is 0.836. The van der Waals surface area contributed by atoms with E-state index in [1.54, 1.807) is 13.0 Å².